The minimum Gasteiger partial charge on any atom is -0.492 e. The zero-order valence-corrected chi connectivity index (χ0v) is 25.8. The molecule has 3 aromatic carbocycles. The van der Waals surface area contributed by atoms with Crippen LogP contribution in [0.3, 0.4) is 0 Å². The Balaban J connectivity index is 1.18. The average Bonchev–Trinajstić information content (AvgIpc) is 3.69. The van der Waals surface area contributed by atoms with Crippen molar-refractivity contribution >= 4 is 33.7 Å². The van der Waals surface area contributed by atoms with Crippen molar-refractivity contribution < 1.29 is 13.9 Å². The Hall–Kier alpha value is -5.94. The van der Waals surface area contributed by atoms with Crippen LogP contribution in [0.4, 0.5) is 10.1 Å². The van der Waals surface area contributed by atoms with E-state index in [9.17, 15) is 9.18 Å². The van der Waals surface area contributed by atoms with Crippen LogP contribution in [-0.4, -0.2) is 68.2 Å². The number of ether oxygens (including phenoxy) is 1. The monoisotopic (exact) mass is 626 g/mol. The number of nitrogens with one attached hydrogen (secondary N) is 3. The quantitative estimate of drug-likeness (QED) is 0.159. The Morgan fingerprint density at radius 1 is 0.957 bits per heavy atom. The molecule has 7 aromatic rings. The fraction of sp³-hybridized carbons (Fsp3) is 0.139. The third kappa shape index (κ3) is 6.56. The number of amides is 1. The molecule has 0 aliphatic heterocycles. The van der Waals surface area contributed by atoms with E-state index < -0.39 is 5.82 Å². The second-order valence-corrected chi connectivity index (χ2v) is 11.5. The summed E-state index contributed by atoms with van der Waals surface area (Å²) in [6, 6.07) is 23.9. The molecule has 4 heterocycles. The van der Waals surface area contributed by atoms with Crippen LogP contribution < -0.4 is 10.1 Å². The molecule has 3 N–H and O–H groups in total. The van der Waals surface area contributed by atoms with Gasteiger partial charge in [-0.25, -0.2) is 14.4 Å². The normalized spacial score (nSPS) is 11.4. The lowest BCUT2D eigenvalue weighted by Gasteiger charge is -2.12. The zero-order valence-electron chi connectivity index (χ0n) is 25.8. The Labute approximate surface area is 269 Å². The lowest BCUT2D eigenvalue weighted by atomic mass is 10.0. The molecular weight excluding hydrogens is 595 g/mol. The van der Waals surface area contributed by atoms with Crippen LogP contribution in [0.15, 0.2) is 97.5 Å². The number of H-pyrrole nitrogens is 2. The molecule has 0 fully saturated rings. The summed E-state index contributed by atoms with van der Waals surface area (Å²) in [5, 5.41) is 11.4. The minimum atomic E-state index is -0.396. The van der Waals surface area contributed by atoms with Crippen molar-refractivity contribution in [2.45, 2.75) is 6.42 Å². The first-order valence-corrected chi connectivity index (χ1v) is 15.1. The standard InChI is InChI=1S/C36H31FN8O2/c1-45(2)12-13-47-28-17-24(15-26(37)19-28)29-10-11-39-35-33(29)41-36(42-35)34-30-18-23(8-9-31(30)43-44-34)25-16-27(21-38-20-25)40-32(46)14-22-6-4-3-5-7-22/h3-11,15-21H,12-14H2,1-2H3,(H,40,46)(H,43,44)(H,39,41,42). The molecule has 11 heteroatoms. The predicted molar refractivity (Wildman–Crippen MR) is 180 cm³/mol. The Morgan fingerprint density at radius 3 is 2.68 bits per heavy atom. The molecule has 0 atom stereocenters. The summed E-state index contributed by atoms with van der Waals surface area (Å²) >= 11 is 0. The van der Waals surface area contributed by atoms with E-state index in [-0.39, 0.29) is 12.3 Å². The van der Waals surface area contributed by atoms with Gasteiger partial charge >= 0.3 is 0 Å². The number of rotatable bonds is 10. The number of aromatic nitrogens is 6. The van der Waals surface area contributed by atoms with Crippen molar-refractivity contribution in [1.29, 1.82) is 0 Å². The van der Waals surface area contributed by atoms with Crippen LogP contribution >= 0.6 is 0 Å². The van der Waals surface area contributed by atoms with Gasteiger partial charge in [-0.15, -0.1) is 0 Å². The van der Waals surface area contributed by atoms with Gasteiger partial charge < -0.3 is 19.9 Å². The summed E-state index contributed by atoms with van der Waals surface area (Å²) < 4.78 is 20.5. The number of hydrogen-bond acceptors (Lipinski definition) is 7. The third-order valence-electron chi connectivity index (χ3n) is 7.73. The number of fused-ring (bicyclic) bond motifs is 2. The van der Waals surface area contributed by atoms with Crippen LogP contribution in [0.25, 0.3) is 55.8 Å². The summed E-state index contributed by atoms with van der Waals surface area (Å²) in [6.45, 7) is 1.15. The first-order chi connectivity index (χ1) is 22.9. The number of imidazole rings is 1. The summed E-state index contributed by atoms with van der Waals surface area (Å²) in [4.78, 5) is 31.6. The lowest BCUT2D eigenvalue weighted by Crippen LogP contribution is -2.19. The molecule has 0 bridgehead atoms. The molecule has 0 saturated heterocycles. The number of benzene rings is 3. The Morgan fingerprint density at radius 2 is 1.83 bits per heavy atom. The van der Waals surface area contributed by atoms with Crippen LogP contribution in [0.2, 0.25) is 0 Å². The highest BCUT2D eigenvalue weighted by Gasteiger charge is 2.17. The second kappa shape index (κ2) is 12.8. The summed E-state index contributed by atoms with van der Waals surface area (Å²) in [5.74, 6) is 0.452. The van der Waals surface area contributed by atoms with Crippen molar-refractivity contribution in [1.82, 2.24) is 35.0 Å². The minimum absolute atomic E-state index is 0.119. The van der Waals surface area contributed by atoms with Gasteiger partial charge in [-0.05, 0) is 67.2 Å². The Kier molecular flexibility index (Phi) is 8.11. The smallest absolute Gasteiger partial charge is 0.228 e. The van der Waals surface area contributed by atoms with Gasteiger partial charge in [0.15, 0.2) is 11.5 Å². The van der Waals surface area contributed by atoms with Crippen LogP contribution in [0.1, 0.15) is 5.56 Å². The van der Waals surface area contributed by atoms with E-state index in [0.717, 1.165) is 33.2 Å². The number of aromatic amines is 2. The average molecular weight is 627 g/mol. The number of carbonyl (C=O) groups excluding carboxylic acids is 1. The molecule has 1 amide bonds. The van der Waals surface area contributed by atoms with Gasteiger partial charge in [-0.3, -0.25) is 14.9 Å². The molecule has 47 heavy (non-hydrogen) atoms. The Bertz CT molecular complexity index is 2210. The van der Waals surface area contributed by atoms with Crippen molar-refractivity contribution in [3.8, 4) is 39.5 Å². The highest BCUT2D eigenvalue weighted by molar-refractivity contribution is 5.98. The predicted octanol–water partition coefficient (Wildman–Crippen LogP) is 6.49. The zero-order chi connectivity index (χ0) is 32.3. The number of carbonyl (C=O) groups is 1. The number of halogens is 1. The van der Waals surface area contributed by atoms with E-state index in [4.69, 9.17) is 9.72 Å². The molecular formula is C36H31FN8O2. The maximum Gasteiger partial charge on any atom is 0.228 e. The fourth-order valence-corrected chi connectivity index (χ4v) is 5.44. The van der Waals surface area contributed by atoms with Gasteiger partial charge in [0.2, 0.25) is 5.91 Å². The van der Waals surface area contributed by atoms with E-state index in [0.29, 0.717) is 52.8 Å². The van der Waals surface area contributed by atoms with Crippen LogP contribution in [-0.2, 0) is 11.2 Å². The van der Waals surface area contributed by atoms with Crippen molar-refractivity contribution in [2.75, 3.05) is 32.6 Å². The maximum absolute atomic E-state index is 14.7. The number of anilines is 1. The van der Waals surface area contributed by atoms with Crippen molar-refractivity contribution in [2.24, 2.45) is 0 Å². The van der Waals surface area contributed by atoms with Crippen molar-refractivity contribution in [3.63, 3.8) is 0 Å². The molecule has 234 valence electrons. The fourth-order valence-electron chi connectivity index (χ4n) is 5.44. The summed E-state index contributed by atoms with van der Waals surface area (Å²) in [6.07, 6.45) is 5.31. The molecule has 10 nitrogen and oxygen atoms in total. The second-order valence-electron chi connectivity index (χ2n) is 11.5. The molecule has 0 spiro atoms. The topological polar surface area (TPSA) is 125 Å². The highest BCUT2D eigenvalue weighted by Crippen LogP contribution is 2.34. The van der Waals surface area contributed by atoms with E-state index in [2.05, 4.69) is 30.5 Å². The van der Waals surface area contributed by atoms with Gasteiger partial charge in [0.1, 0.15) is 23.9 Å². The van der Waals surface area contributed by atoms with Gasteiger partial charge in [-0.2, -0.15) is 5.10 Å². The summed E-state index contributed by atoms with van der Waals surface area (Å²) in [7, 11) is 3.91. The molecule has 7 rings (SSSR count). The SMILES string of the molecule is CN(C)CCOc1cc(F)cc(-c2ccnc3nc(-c4n[nH]c5ccc(-c6cncc(NC(=O)Cc7ccccc7)c6)cc45)[nH]c23)c1. The first kappa shape index (κ1) is 29.8. The van der Waals surface area contributed by atoms with Crippen LogP contribution in [0, 0.1) is 5.82 Å². The highest BCUT2D eigenvalue weighted by atomic mass is 19.1. The number of nitrogens with zero attached hydrogens (tertiary/aromatic N) is 5. The molecule has 0 aliphatic rings. The number of hydrogen-bond donors (Lipinski definition) is 3. The van der Waals surface area contributed by atoms with E-state index >= 15 is 0 Å². The van der Waals surface area contributed by atoms with Gasteiger partial charge in [0.25, 0.3) is 0 Å². The first-order valence-electron chi connectivity index (χ1n) is 15.1. The largest absolute Gasteiger partial charge is 0.492 e. The molecule has 0 aliphatic carbocycles. The maximum atomic E-state index is 14.7. The van der Waals surface area contributed by atoms with Crippen LogP contribution in [0.5, 0.6) is 5.75 Å². The van der Waals surface area contributed by atoms with Crippen molar-refractivity contribution in [3.05, 3.63) is 109 Å². The van der Waals surface area contributed by atoms with Gasteiger partial charge in [-0.1, -0.05) is 36.4 Å². The molecule has 0 saturated carbocycles. The number of pyridine rings is 2. The molecule has 4 aromatic heterocycles. The lowest BCUT2D eigenvalue weighted by molar-refractivity contribution is -0.115. The third-order valence-corrected chi connectivity index (χ3v) is 7.73. The summed E-state index contributed by atoms with van der Waals surface area (Å²) in [5.41, 5.74) is 7.22. The van der Waals surface area contributed by atoms with E-state index in [1.54, 1.807) is 18.6 Å². The molecule has 0 radical (unpaired) electrons. The van der Waals surface area contributed by atoms with Gasteiger partial charge in [0, 0.05) is 41.5 Å². The van der Waals surface area contributed by atoms with E-state index in [1.807, 2.05) is 85.7 Å². The number of likely N-dealkylation sites (N-methyl/N-ethyl adjacent to an activating group) is 1. The molecule has 0 unspecified atom stereocenters. The van der Waals surface area contributed by atoms with E-state index in [1.165, 1.54) is 12.1 Å². The van der Waals surface area contributed by atoms with Gasteiger partial charge in [0.05, 0.1) is 29.3 Å².